The normalized spacial score (nSPS) is 21.9. The molecular weight excluding hydrogens is 410 g/mol. The number of anilines is 1. The molecule has 0 aromatic heterocycles. The maximum atomic E-state index is 5.70. The van der Waals surface area contributed by atoms with Crippen molar-refractivity contribution in [2.24, 2.45) is 4.99 Å². The number of ether oxygens (including phenoxy) is 1. The lowest BCUT2D eigenvalue weighted by molar-refractivity contribution is 0.0354. The van der Waals surface area contributed by atoms with Gasteiger partial charge in [0.05, 0.1) is 0 Å². The first-order valence-electron chi connectivity index (χ1n) is 12.3. The van der Waals surface area contributed by atoms with E-state index < -0.39 is 0 Å². The Morgan fingerprint density at radius 3 is 2.48 bits per heavy atom. The molecule has 33 heavy (non-hydrogen) atoms. The molecule has 2 saturated heterocycles. The van der Waals surface area contributed by atoms with E-state index in [0.29, 0.717) is 6.04 Å². The maximum absolute atomic E-state index is 5.70. The van der Waals surface area contributed by atoms with E-state index in [1.54, 1.807) is 0 Å². The van der Waals surface area contributed by atoms with E-state index in [1.807, 2.05) is 7.05 Å². The molecule has 6 nitrogen and oxygen atoms in total. The molecule has 2 fully saturated rings. The van der Waals surface area contributed by atoms with E-state index in [0.717, 1.165) is 58.1 Å². The Morgan fingerprint density at radius 1 is 1.09 bits per heavy atom. The van der Waals surface area contributed by atoms with Gasteiger partial charge in [-0.05, 0) is 50.3 Å². The van der Waals surface area contributed by atoms with Gasteiger partial charge in [0.15, 0.2) is 5.96 Å². The number of piperidine rings is 1. The monoisotopic (exact) mass is 449 g/mol. The molecule has 0 aliphatic carbocycles. The summed E-state index contributed by atoms with van der Waals surface area (Å²) >= 11 is 0. The highest BCUT2D eigenvalue weighted by Gasteiger charge is 2.34. The predicted molar refractivity (Wildman–Crippen MR) is 137 cm³/mol. The molecular formula is C27H39N5O. The lowest BCUT2D eigenvalue weighted by Crippen LogP contribution is -2.59. The second kappa shape index (κ2) is 11.5. The van der Waals surface area contributed by atoms with E-state index >= 15 is 0 Å². The van der Waals surface area contributed by atoms with Crippen molar-refractivity contribution in [2.75, 3.05) is 44.8 Å². The Morgan fingerprint density at radius 2 is 1.79 bits per heavy atom. The molecule has 2 atom stereocenters. The van der Waals surface area contributed by atoms with Crippen LogP contribution < -0.4 is 20.9 Å². The molecule has 3 N–H and O–H groups in total. The zero-order chi connectivity index (χ0) is 22.9. The largest absolute Gasteiger partial charge is 0.381 e. The summed E-state index contributed by atoms with van der Waals surface area (Å²) in [6.07, 6.45) is 4.31. The predicted octanol–water partition coefficient (Wildman–Crippen LogP) is 3.72. The van der Waals surface area contributed by atoms with Gasteiger partial charge in [-0.2, -0.15) is 0 Å². The third kappa shape index (κ3) is 6.49. The van der Waals surface area contributed by atoms with Crippen LogP contribution in [0.15, 0.2) is 65.7 Å². The van der Waals surface area contributed by atoms with Gasteiger partial charge < -0.3 is 25.6 Å². The summed E-state index contributed by atoms with van der Waals surface area (Å²) in [6.45, 7) is 6.75. The lowest BCUT2D eigenvalue weighted by Gasteiger charge is -2.41. The Balaban J connectivity index is 1.35. The molecule has 2 aliphatic heterocycles. The van der Waals surface area contributed by atoms with Gasteiger partial charge in [-0.1, -0.05) is 48.5 Å². The summed E-state index contributed by atoms with van der Waals surface area (Å²) in [4.78, 5) is 7.02. The highest BCUT2D eigenvalue weighted by molar-refractivity contribution is 5.80. The molecule has 6 heteroatoms. The van der Waals surface area contributed by atoms with Crippen LogP contribution in [-0.2, 0) is 4.74 Å². The van der Waals surface area contributed by atoms with Gasteiger partial charge in [0.25, 0.3) is 0 Å². The summed E-state index contributed by atoms with van der Waals surface area (Å²) in [5.74, 6) is 0.884. The van der Waals surface area contributed by atoms with Crippen molar-refractivity contribution in [2.45, 2.75) is 50.2 Å². The second-order valence-electron chi connectivity index (χ2n) is 9.36. The van der Waals surface area contributed by atoms with Crippen LogP contribution in [0.1, 0.15) is 44.2 Å². The van der Waals surface area contributed by atoms with Crippen molar-refractivity contribution in [3.63, 3.8) is 0 Å². The Kier molecular flexibility index (Phi) is 8.24. The minimum Gasteiger partial charge on any atom is -0.381 e. The van der Waals surface area contributed by atoms with Crippen LogP contribution >= 0.6 is 0 Å². The minimum absolute atomic E-state index is 0.0201. The zero-order valence-electron chi connectivity index (χ0n) is 20.1. The Labute approximate surface area is 198 Å². The number of rotatable bonds is 7. The van der Waals surface area contributed by atoms with Crippen molar-refractivity contribution < 1.29 is 4.74 Å². The van der Waals surface area contributed by atoms with Crippen molar-refractivity contribution in [1.82, 2.24) is 16.0 Å². The number of hydrogen-bond acceptors (Lipinski definition) is 4. The number of nitrogens with one attached hydrogen (secondary N) is 3. The van der Waals surface area contributed by atoms with Crippen LogP contribution in [0, 0.1) is 0 Å². The zero-order valence-corrected chi connectivity index (χ0v) is 20.1. The van der Waals surface area contributed by atoms with Gasteiger partial charge in [0, 0.05) is 63.2 Å². The molecule has 2 unspecified atom stereocenters. The highest BCUT2D eigenvalue weighted by atomic mass is 16.5. The molecule has 2 aliphatic rings. The number of para-hydroxylation sites is 1. The summed E-state index contributed by atoms with van der Waals surface area (Å²) in [7, 11) is 1.86. The number of hydrogen-bond donors (Lipinski definition) is 3. The van der Waals surface area contributed by atoms with Gasteiger partial charge in [-0.15, -0.1) is 0 Å². The number of nitrogens with zero attached hydrogens (tertiary/aromatic N) is 2. The van der Waals surface area contributed by atoms with Gasteiger partial charge in [0.2, 0.25) is 0 Å². The van der Waals surface area contributed by atoms with Crippen LogP contribution in [0.3, 0.4) is 0 Å². The van der Waals surface area contributed by atoms with Crippen LogP contribution in [-0.4, -0.2) is 57.4 Å². The van der Waals surface area contributed by atoms with Gasteiger partial charge in [-0.25, -0.2) is 0 Å². The van der Waals surface area contributed by atoms with Crippen molar-refractivity contribution >= 4 is 11.6 Å². The van der Waals surface area contributed by atoms with Crippen LogP contribution in [0.2, 0.25) is 0 Å². The fraction of sp³-hybridized carbons (Fsp3) is 0.519. The SMILES string of the molecule is CN=C(NCC1(NC(C)c2ccccc2)CCOCC1)NC1CCCN(c2ccccc2)C1. The topological polar surface area (TPSA) is 60.9 Å². The quantitative estimate of drug-likeness (QED) is 0.444. The lowest BCUT2D eigenvalue weighted by atomic mass is 9.88. The first-order valence-corrected chi connectivity index (χ1v) is 12.3. The molecule has 4 rings (SSSR count). The van der Waals surface area contributed by atoms with E-state index in [2.05, 4.69) is 93.4 Å². The molecule has 0 radical (unpaired) electrons. The summed E-state index contributed by atoms with van der Waals surface area (Å²) in [5.41, 5.74) is 2.59. The summed E-state index contributed by atoms with van der Waals surface area (Å²) < 4.78 is 5.70. The van der Waals surface area contributed by atoms with Gasteiger partial charge in [-0.3, -0.25) is 4.99 Å². The molecule has 2 aromatic rings. The van der Waals surface area contributed by atoms with E-state index in [9.17, 15) is 0 Å². The summed E-state index contributed by atoms with van der Waals surface area (Å²) in [6, 6.07) is 22.0. The van der Waals surface area contributed by atoms with Gasteiger partial charge in [0.1, 0.15) is 0 Å². The van der Waals surface area contributed by atoms with Crippen molar-refractivity contribution in [1.29, 1.82) is 0 Å². The number of guanidine groups is 1. The third-order valence-electron chi connectivity index (χ3n) is 6.97. The maximum Gasteiger partial charge on any atom is 0.191 e. The molecule has 2 aromatic carbocycles. The molecule has 0 spiro atoms. The first kappa shape index (κ1) is 23.6. The fourth-order valence-corrected chi connectivity index (χ4v) is 5.03. The second-order valence-corrected chi connectivity index (χ2v) is 9.36. The van der Waals surface area contributed by atoms with Crippen molar-refractivity contribution in [3.05, 3.63) is 66.2 Å². The smallest absolute Gasteiger partial charge is 0.191 e. The van der Waals surface area contributed by atoms with Gasteiger partial charge >= 0.3 is 0 Å². The van der Waals surface area contributed by atoms with Crippen molar-refractivity contribution in [3.8, 4) is 0 Å². The fourth-order valence-electron chi connectivity index (χ4n) is 5.03. The van der Waals surface area contributed by atoms with E-state index in [1.165, 1.54) is 17.7 Å². The van der Waals surface area contributed by atoms with E-state index in [4.69, 9.17) is 4.74 Å². The van der Waals surface area contributed by atoms with Crippen LogP contribution in [0.5, 0.6) is 0 Å². The highest BCUT2D eigenvalue weighted by Crippen LogP contribution is 2.25. The minimum atomic E-state index is -0.0201. The first-order chi connectivity index (χ1) is 16.2. The van der Waals surface area contributed by atoms with Crippen LogP contribution in [0.25, 0.3) is 0 Å². The molecule has 2 heterocycles. The standard InChI is InChI=1S/C27H39N5O/c1-22(23-10-5-3-6-11-23)31-27(15-18-33-19-16-27)21-29-26(28-2)30-24-12-9-17-32(20-24)25-13-7-4-8-14-25/h3-8,10-11,13-14,22,24,31H,9,12,15-21H2,1-2H3,(H2,28,29,30). The van der Waals surface area contributed by atoms with Crippen LogP contribution in [0.4, 0.5) is 5.69 Å². The summed E-state index contributed by atoms with van der Waals surface area (Å²) in [5, 5.41) is 11.3. The average molecular weight is 450 g/mol. The van der Waals surface area contributed by atoms with E-state index in [-0.39, 0.29) is 11.6 Å². The number of benzene rings is 2. The molecule has 0 saturated carbocycles. The molecule has 0 bridgehead atoms. The average Bonchev–Trinajstić information content (AvgIpc) is 2.88. The Hall–Kier alpha value is -2.57. The molecule has 178 valence electrons. The Bertz CT molecular complexity index is 867. The molecule has 0 amide bonds. The number of aliphatic imine (C=N–C) groups is 1. The third-order valence-corrected chi connectivity index (χ3v) is 6.97.